The molecule has 1 N–H and O–H groups in total. The number of morpholine rings is 1. The lowest BCUT2D eigenvalue weighted by Crippen LogP contribution is -2.52. The first-order chi connectivity index (χ1) is 10.6. The zero-order chi connectivity index (χ0) is 16.1. The first-order valence-electron chi connectivity index (χ1n) is 7.55. The van der Waals surface area contributed by atoms with Gasteiger partial charge in [-0.25, -0.2) is 9.18 Å². The number of benzene rings is 1. The summed E-state index contributed by atoms with van der Waals surface area (Å²) in [4.78, 5) is 14.2. The summed E-state index contributed by atoms with van der Waals surface area (Å²) in [6.07, 6.45) is 0.824. The molecule has 0 saturated carbocycles. The first kappa shape index (κ1) is 16.5. The molecule has 2 atom stereocenters. The van der Waals surface area contributed by atoms with E-state index in [0.29, 0.717) is 31.1 Å². The number of hydrogen-bond donors (Lipinski definition) is 1. The Labute approximate surface area is 130 Å². The number of urea groups is 1. The van der Waals surface area contributed by atoms with Gasteiger partial charge < -0.3 is 19.7 Å². The summed E-state index contributed by atoms with van der Waals surface area (Å²) in [5.41, 5.74) is 0.361. The van der Waals surface area contributed by atoms with Crippen LogP contribution in [0.3, 0.4) is 0 Å². The molecule has 0 unspecified atom stereocenters. The standard InChI is InChI=1S/C16H23FN2O3/c1-4-12-10-22-9-8-19(12)16(20)18-11(2)15-13(17)6-5-7-14(15)21-3/h5-7,11-12H,4,8-10H2,1-3H3,(H,18,20)/t11-,12-/m0/s1. The summed E-state index contributed by atoms with van der Waals surface area (Å²) in [7, 11) is 1.49. The molecule has 0 bridgehead atoms. The van der Waals surface area contributed by atoms with Gasteiger partial charge in [0.1, 0.15) is 11.6 Å². The lowest BCUT2D eigenvalue weighted by Gasteiger charge is -2.35. The van der Waals surface area contributed by atoms with E-state index in [1.807, 2.05) is 6.92 Å². The van der Waals surface area contributed by atoms with E-state index < -0.39 is 6.04 Å². The van der Waals surface area contributed by atoms with Crippen molar-refractivity contribution in [2.24, 2.45) is 0 Å². The van der Waals surface area contributed by atoms with Crippen LogP contribution in [0.15, 0.2) is 18.2 Å². The maximum Gasteiger partial charge on any atom is 0.318 e. The van der Waals surface area contributed by atoms with E-state index in [4.69, 9.17) is 9.47 Å². The zero-order valence-electron chi connectivity index (χ0n) is 13.3. The van der Waals surface area contributed by atoms with Crippen LogP contribution < -0.4 is 10.1 Å². The summed E-state index contributed by atoms with van der Waals surface area (Å²) in [5, 5.41) is 2.86. The number of carbonyl (C=O) groups is 1. The second kappa shape index (κ2) is 7.45. The van der Waals surface area contributed by atoms with Crippen molar-refractivity contribution >= 4 is 6.03 Å². The molecule has 1 aromatic carbocycles. The Hall–Kier alpha value is -1.82. The van der Waals surface area contributed by atoms with Crippen LogP contribution in [0.25, 0.3) is 0 Å². The van der Waals surface area contributed by atoms with Gasteiger partial charge in [-0.3, -0.25) is 0 Å². The second-order valence-corrected chi connectivity index (χ2v) is 5.36. The molecule has 0 radical (unpaired) electrons. The van der Waals surface area contributed by atoms with Crippen LogP contribution in [0.4, 0.5) is 9.18 Å². The Kier molecular flexibility index (Phi) is 5.60. The molecule has 122 valence electrons. The maximum absolute atomic E-state index is 14.1. The number of nitrogens with zero attached hydrogens (tertiary/aromatic N) is 1. The number of nitrogens with one attached hydrogen (secondary N) is 1. The van der Waals surface area contributed by atoms with E-state index in [1.165, 1.54) is 13.2 Å². The fourth-order valence-electron chi connectivity index (χ4n) is 2.72. The number of hydrogen-bond acceptors (Lipinski definition) is 3. The number of amides is 2. The van der Waals surface area contributed by atoms with Crippen molar-refractivity contribution < 1.29 is 18.7 Å². The summed E-state index contributed by atoms with van der Waals surface area (Å²) < 4.78 is 24.6. The SMILES string of the molecule is CC[C@H]1COCCN1C(=O)N[C@@H](C)c1c(F)cccc1OC. The molecule has 2 amide bonds. The molecule has 0 aliphatic carbocycles. The van der Waals surface area contributed by atoms with Crippen LogP contribution in [0.5, 0.6) is 5.75 Å². The molecule has 1 aromatic rings. The van der Waals surface area contributed by atoms with Crippen molar-refractivity contribution in [2.45, 2.75) is 32.4 Å². The number of ether oxygens (including phenoxy) is 2. The average Bonchev–Trinajstić information content (AvgIpc) is 2.54. The van der Waals surface area contributed by atoms with Gasteiger partial charge >= 0.3 is 6.03 Å². The second-order valence-electron chi connectivity index (χ2n) is 5.36. The molecule has 1 aliphatic heterocycles. The molecule has 2 rings (SSSR count). The Morgan fingerprint density at radius 1 is 1.59 bits per heavy atom. The molecule has 5 nitrogen and oxygen atoms in total. The van der Waals surface area contributed by atoms with E-state index in [2.05, 4.69) is 5.32 Å². The van der Waals surface area contributed by atoms with Crippen molar-refractivity contribution in [1.82, 2.24) is 10.2 Å². The van der Waals surface area contributed by atoms with Gasteiger partial charge in [0.05, 0.1) is 38.0 Å². The van der Waals surface area contributed by atoms with Crippen LogP contribution >= 0.6 is 0 Å². The zero-order valence-corrected chi connectivity index (χ0v) is 13.3. The van der Waals surface area contributed by atoms with Gasteiger partial charge in [-0.15, -0.1) is 0 Å². The average molecular weight is 310 g/mol. The molecule has 1 heterocycles. The quantitative estimate of drug-likeness (QED) is 0.930. The molecule has 22 heavy (non-hydrogen) atoms. The van der Waals surface area contributed by atoms with E-state index in [0.717, 1.165) is 6.42 Å². The predicted octanol–water partition coefficient (Wildman–Crippen LogP) is 2.72. The highest BCUT2D eigenvalue weighted by molar-refractivity contribution is 5.75. The van der Waals surface area contributed by atoms with Crippen molar-refractivity contribution in [3.63, 3.8) is 0 Å². The third-order valence-electron chi connectivity index (χ3n) is 3.97. The Morgan fingerprint density at radius 3 is 3.05 bits per heavy atom. The highest BCUT2D eigenvalue weighted by Crippen LogP contribution is 2.28. The lowest BCUT2D eigenvalue weighted by molar-refractivity contribution is 0.0108. The third-order valence-corrected chi connectivity index (χ3v) is 3.97. The summed E-state index contributed by atoms with van der Waals surface area (Å²) >= 11 is 0. The van der Waals surface area contributed by atoms with Gasteiger partial charge in [0.2, 0.25) is 0 Å². The van der Waals surface area contributed by atoms with Gasteiger partial charge in [0, 0.05) is 6.54 Å². The minimum Gasteiger partial charge on any atom is -0.496 e. The number of carbonyl (C=O) groups excluding carboxylic acids is 1. The van der Waals surface area contributed by atoms with Gasteiger partial charge in [-0.05, 0) is 25.5 Å². The Balaban J connectivity index is 2.11. The summed E-state index contributed by atoms with van der Waals surface area (Å²) in [5.74, 6) is 0.0444. The highest BCUT2D eigenvalue weighted by atomic mass is 19.1. The van der Waals surface area contributed by atoms with Crippen molar-refractivity contribution in [3.8, 4) is 5.75 Å². The number of rotatable bonds is 4. The van der Waals surface area contributed by atoms with Crippen LogP contribution in [0.2, 0.25) is 0 Å². The van der Waals surface area contributed by atoms with Crippen LogP contribution in [-0.4, -0.2) is 43.8 Å². The highest BCUT2D eigenvalue weighted by Gasteiger charge is 2.28. The molecule has 6 heteroatoms. The molecular formula is C16H23FN2O3. The minimum atomic E-state index is -0.482. The van der Waals surface area contributed by atoms with Crippen molar-refractivity contribution in [2.75, 3.05) is 26.9 Å². The van der Waals surface area contributed by atoms with Crippen LogP contribution in [-0.2, 0) is 4.74 Å². The fraction of sp³-hybridized carbons (Fsp3) is 0.562. The fourth-order valence-corrected chi connectivity index (χ4v) is 2.72. The van der Waals surface area contributed by atoms with Crippen molar-refractivity contribution in [1.29, 1.82) is 0 Å². The van der Waals surface area contributed by atoms with E-state index in [-0.39, 0.29) is 17.9 Å². The van der Waals surface area contributed by atoms with E-state index in [1.54, 1.807) is 24.0 Å². The van der Waals surface area contributed by atoms with Gasteiger partial charge in [-0.1, -0.05) is 13.0 Å². The predicted molar refractivity (Wildman–Crippen MR) is 81.5 cm³/mol. The van der Waals surface area contributed by atoms with Gasteiger partial charge in [0.25, 0.3) is 0 Å². The van der Waals surface area contributed by atoms with Gasteiger partial charge in [-0.2, -0.15) is 0 Å². The lowest BCUT2D eigenvalue weighted by atomic mass is 10.1. The number of methoxy groups -OCH3 is 1. The number of halogens is 1. The van der Waals surface area contributed by atoms with E-state index in [9.17, 15) is 9.18 Å². The summed E-state index contributed by atoms with van der Waals surface area (Å²) in [6, 6.07) is 4.01. The van der Waals surface area contributed by atoms with Crippen LogP contribution in [0, 0.1) is 5.82 Å². The largest absolute Gasteiger partial charge is 0.496 e. The maximum atomic E-state index is 14.1. The van der Waals surface area contributed by atoms with Gasteiger partial charge in [0.15, 0.2) is 0 Å². The molecule has 1 fully saturated rings. The Bertz CT molecular complexity index is 524. The van der Waals surface area contributed by atoms with E-state index >= 15 is 0 Å². The Morgan fingerprint density at radius 2 is 2.36 bits per heavy atom. The minimum absolute atomic E-state index is 0.0588. The molecule has 0 aromatic heterocycles. The summed E-state index contributed by atoms with van der Waals surface area (Å²) in [6.45, 7) is 5.39. The third kappa shape index (κ3) is 3.50. The normalized spacial score (nSPS) is 19.6. The molecule has 1 aliphatic rings. The smallest absolute Gasteiger partial charge is 0.318 e. The molecule has 0 spiro atoms. The van der Waals surface area contributed by atoms with Crippen LogP contribution in [0.1, 0.15) is 31.9 Å². The monoisotopic (exact) mass is 310 g/mol. The first-order valence-corrected chi connectivity index (χ1v) is 7.55. The topological polar surface area (TPSA) is 50.8 Å². The molecule has 1 saturated heterocycles. The van der Waals surface area contributed by atoms with Crippen molar-refractivity contribution in [3.05, 3.63) is 29.6 Å². The molecular weight excluding hydrogens is 287 g/mol.